The van der Waals surface area contributed by atoms with Gasteiger partial charge in [-0.05, 0) is 55.0 Å². The van der Waals surface area contributed by atoms with Gasteiger partial charge in [-0.25, -0.2) is 4.39 Å². The third-order valence-corrected chi connectivity index (χ3v) is 5.05. The molecule has 2 aromatic heterocycles. The molecule has 2 heterocycles. The van der Waals surface area contributed by atoms with Gasteiger partial charge in [0.1, 0.15) is 5.82 Å². The van der Waals surface area contributed by atoms with Crippen LogP contribution in [0.15, 0.2) is 65.8 Å². The molecule has 0 saturated heterocycles. The molecule has 0 unspecified atom stereocenters. The van der Waals surface area contributed by atoms with Gasteiger partial charge in [-0.15, -0.1) is 10.2 Å². The van der Waals surface area contributed by atoms with Crippen molar-refractivity contribution in [3.63, 3.8) is 0 Å². The molecule has 4 rings (SSSR count). The largest absolute Gasteiger partial charge is 0.325 e. The number of hydrogen-bond acceptors (Lipinski definition) is 5. The number of benzene rings is 2. The van der Waals surface area contributed by atoms with Gasteiger partial charge >= 0.3 is 0 Å². The number of halogens is 1. The van der Waals surface area contributed by atoms with Crippen LogP contribution in [-0.4, -0.2) is 31.5 Å². The molecular formula is C20H16FN5OS. The highest BCUT2D eigenvalue weighted by atomic mass is 32.2. The first-order valence-corrected chi connectivity index (χ1v) is 9.55. The number of para-hydroxylation sites is 1. The Balaban J connectivity index is 1.51. The van der Waals surface area contributed by atoms with E-state index in [1.165, 1.54) is 23.9 Å². The van der Waals surface area contributed by atoms with E-state index >= 15 is 0 Å². The van der Waals surface area contributed by atoms with E-state index in [9.17, 15) is 9.18 Å². The summed E-state index contributed by atoms with van der Waals surface area (Å²) >= 11 is 1.25. The Bertz CT molecular complexity index is 1140. The van der Waals surface area contributed by atoms with E-state index in [2.05, 4.69) is 20.6 Å². The highest BCUT2D eigenvalue weighted by Crippen LogP contribution is 2.21. The van der Waals surface area contributed by atoms with Gasteiger partial charge in [-0.1, -0.05) is 30.0 Å². The first-order valence-electron chi connectivity index (χ1n) is 8.57. The molecule has 0 aliphatic heterocycles. The summed E-state index contributed by atoms with van der Waals surface area (Å²) in [7, 11) is 0. The van der Waals surface area contributed by atoms with E-state index in [-0.39, 0.29) is 17.5 Å². The average Bonchev–Trinajstić information content (AvgIpc) is 3.11. The number of nitrogens with zero attached hydrogens (tertiary/aromatic N) is 4. The SMILES string of the molecule is Cc1ccccc1NC(=O)CSc1nnc2ccc(-c3ccc(F)cc3)nn12. The quantitative estimate of drug-likeness (QED) is 0.520. The maximum atomic E-state index is 13.1. The molecule has 1 N–H and O–H groups in total. The summed E-state index contributed by atoms with van der Waals surface area (Å²) in [6.07, 6.45) is 0. The van der Waals surface area contributed by atoms with Crippen LogP contribution in [0.3, 0.4) is 0 Å². The highest BCUT2D eigenvalue weighted by Gasteiger charge is 2.12. The smallest absolute Gasteiger partial charge is 0.234 e. The first kappa shape index (κ1) is 18.1. The molecule has 0 saturated carbocycles. The van der Waals surface area contributed by atoms with Crippen molar-refractivity contribution in [2.24, 2.45) is 0 Å². The summed E-state index contributed by atoms with van der Waals surface area (Å²) < 4.78 is 14.7. The van der Waals surface area contributed by atoms with Crippen molar-refractivity contribution in [2.45, 2.75) is 12.1 Å². The maximum Gasteiger partial charge on any atom is 0.234 e. The van der Waals surface area contributed by atoms with Gasteiger partial charge in [-0.3, -0.25) is 4.79 Å². The zero-order valence-electron chi connectivity index (χ0n) is 15.0. The minimum absolute atomic E-state index is 0.134. The Labute approximate surface area is 164 Å². The topological polar surface area (TPSA) is 72.2 Å². The van der Waals surface area contributed by atoms with Crippen molar-refractivity contribution in [1.29, 1.82) is 0 Å². The molecule has 8 heteroatoms. The van der Waals surface area contributed by atoms with Gasteiger partial charge in [0, 0.05) is 11.3 Å². The van der Waals surface area contributed by atoms with Crippen molar-refractivity contribution < 1.29 is 9.18 Å². The van der Waals surface area contributed by atoms with E-state index in [1.54, 1.807) is 28.8 Å². The molecule has 2 aromatic carbocycles. The van der Waals surface area contributed by atoms with Crippen molar-refractivity contribution in [2.75, 3.05) is 11.1 Å². The monoisotopic (exact) mass is 393 g/mol. The standard InChI is InChI=1S/C20H16FN5OS/c1-13-4-2-3-5-16(13)22-19(27)12-28-20-24-23-18-11-10-17(25-26(18)20)14-6-8-15(21)9-7-14/h2-11H,12H2,1H3,(H,22,27). The van der Waals surface area contributed by atoms with Crippen LogP contribution in [0.25, 0.3) is 16.9 Å². The molecule has 1 amide bonds. The number of carbonyl (C=O) groups is 1. The van der Waals surface area contributed by atoms with Gasteiger partial charge in [0.25, 0.3) is 0 Å². The predicted octanol–water partition coefficient (Wildman–Crippen LogP) is 3.97. The van der Waals surface area contributed by atoms with Gasteiger partial charge in [0.15, 0.2) is 5.65 Å². The molecular weight excluding hydrogens is 377 g/mol. The lowest BCUT2D eigenvalue weighted by Crippen LogP contribution is -2.15. The van der Waals surface area contributed by atoms with Crippen LogP contribution in [-0.2, 0) is 4.79 Å². The third-order valence-electron chi connectivity index (χ3n) is 4.13. The van der Waals surface area contributed by atoms with E-state index in [1.807, 2.05) is 31.2 Å². The summed E-state index contributed by atoms with van der Waals surface area (Å²) in [5.74, 6) is -0.256. The summed E-state index contributed by atoms with van der Waals surface area (Å²) in [4.78, 5) is 12.3. The van der Waals surface area contributed by atoms with Gasteiger partial charge in [0.05, 0.1) is 11.4 Å². The van der Waals surface area contributed by atoms with Gasteiger partial charge in [0.2, 0.25) is 11.1 Å². The summed E-state index contributed by atoms with van der Waals surface area (Å²) in [5.41, 5.74) is 3.81. The summed E-state index contributed by atoms with van der Waals surface area (Å²) in [6, 6.07) is 17.3. The lowest BCUT2D eigenvalue weighted by atomic mass is 10.1. The fourth-order valence-corrected chi connectivity index (χ4v) is 3.35. The number of hydrogen-bond donors (Lipinski definition) is 1. The molecule has 140 valence electrons. The van der Waals surface area contributed by atoms with Crippen molar-refractivity contribution in [3.05, 3.63) is 72.0 Å². The van der Waals surface area contributed by atoms with E-state index in [0.29, 0.717) is 16.5 Å². The second kappa shape index (κ2) is 7.77. The minimum atomic E-state index is -0.301. The van der Waals surface area contributed by atoms with Crippen LogP contribution in [0.1, 0.15) is 5.56 Å². The summed E-state index contributed by atoms with van der Waals surface area (Å²) in [6.45, 7) is 1.94. The average molecular weight is 393 g/mol. The number of thioether (sulfide) groups is 1. The van der Waals surface area contributed by atoms with Gasteiger partial charge < -0.3 is 5.32 Å². The lowest BCUT2D eigenvalue weighted by molar-refractivity contribution is -0.113. The molecule has 0 aliphatic rings. The maximum absolute atomic E-state index is 13.1. The molecule has 0 radical (unpaired) electrons. The molecule has 0 atom stereocenters. The number of aromatic nitrogens is 4. The number of anilines is 1. The summed E-state index contributed by atoms with van der Waals surface area (Å²) in [5, 5.41) is 16.1. The molecule has 28 heavy (non-hydrogen) atoms. The minimum Gasteiger partial charge on any atom is -0.325 e. The normalized spacial score (nSPS) is 10.9. The zero-order chi connectivity index (χ0) is 19.5. The van der Waals surface area contributed by atoms with Crippen LogP contribution in [0, 0.1) is 12.7 Å². The number of rotatable bonds is 5. The molecule has 0 spiro atoms. The Morgan fingerprint density at radius 2 is 1.86 bits per heavy atom. The van der Waals surface area contributed by atoms with Crippen LogP contribution in [0.2, 0.25) is 0 Å². The first-order chi connectivity index (χ1) is 13.6. The van der Waals surface area contributed by atoms with Crippen LogP contribution in [0.5, 0.6) is 0 Å². The van der Waals surface area contributed by atoms with E-state index < -0.39 is 0 Å². The van der Waals surface area contributed by atoms with Crippen molar-refractivity contribution in [3.8, 4) is 11.3 Å². The number of aryl methyl sites for hydroxylation is 1. The Morgan fingerprint density at radius 3 is 2.64 bits per heavy atom. The fraction of sp³-hybridized carbons (Fsp3) is 0.100. The van der Waals surface area contributed by atoms with Crippen molar-refractivity contribution >= 4 is 29.0 Å². The highest BCUT2D eigenvalue weighted by molar-refractivity contribution is 7.99. The molecule has 0 bridgehead atoms. The van der Waals surface area contributed by atoms with Gasteiger partial charge in [-0.2, -0.15) is 9.61 Å². The second-order valence-electron chi connectivity index (χ2n) is 6.13. The molecule has 6 nitrogen and oxygen atoms in total. The predicted molar refractivity (Wildman–Crippen MR) is 107 cm³/mol. The van der Waals surface area contributed by atoms with Crippen LogP contribution < -0.4 is 5.32 Å². The van der Waals surface area contributed by atoms with Crippen LogP contribution >= 0.6 is 11.8 Å². The number of nitrogens with one attached hydrogen (secondary N) is 1. The number of fused-ring (bicyclic) bond motifs is 1. The molecule has 0 fully saturated rings. The second-order valence-corrected chi connectivity index (χ2v) is 7.07. The number of carbonyl (C=O) groups excluding carboxylic acids is 1. The van der Waals surface area contributed by atoms with E-state index in [0.717, 1.165) is 16.8 Å². The Hall–Kier alpha value is -3.26. The Morgan fingerprint density at radius 1 is 1.07 bits per heavy atom. The van der Waals surface area contributed by atoms with Crippen LogP contribution in [0.4, 0.5) is 10.1 Å². The third kappa shape index (κ3) is 3.86. The molecule has 0 aliphatic carbocycles. The zero-order valence-corrected chi connectivity index (χ0v) is 15.8. The van der Waals surface area contributed by atoms with Crippen molar-refractivity contribution in [1.82, 2.24) is 19.8 Å². The lowest BCUT2D eigenvalue weighted by Gasteiger charge is -2.07. The fourth-order valence-electron chi connectivity index (χ4n) is 2.66. The van der Waals surface area contributed by atoms with E-state index in [4.69, 9.17) is 0 Å². The molecule has 4 aromatic rings. The Kier molecular flexibility index (Phi) is 5.03. The number of amides is 1.